The highest BCUT2D eigenvalue weighted by Crippen LogP contribution is 2.30. The van der Waals surface area contributed by atoms with Crippen LogP contribution in [0.3, 0.4) is 0 Å². The maximum atomic E-state index is 11.3. The summed E-state index contributed by atoms with van der Waals surface area (Å²) in [5.41, 5.74) is 5.30. The molecule has 0 aliphatic carbocycles. The molecule has 0 saturated heterocycles. The highest BCUT2D eigenvalue weighted by atomic mass is 35.5. The molecule has 0 radical (unpaired) electrons. The zero-order valence-electron chi connectivity index (χ0n) is 9.24. The number of hydrogen-bond acceptors (Lipinski definition) is 2. The zero-order valence-corrected chi connectivity index (χ0v) is 10.00. The van der Waals surface area contributed by atoms with Gasteiger partial charge >= 0.3 is 5.97 Å². The standard InChI is InChI=1S/C12H16ClNO2/c1-12(11(15)16,7-2-8-14)9-3-5-10(13)6-4-9/h3-6H,2,7-8,14H2,1H3,(H,15,16). The number of aliphatic carboxylic acids is 1. The van der Waals surface area contributed by atoms with E-state index in [1.165, 1.54) is 0 Å². The van der Waals surface area contributed by atoms with Crippen LogP contribution in [-0.2, 0) is 10.2 Å². The molecule has 0 bridgehead atoms. The summed E-state index contributed by atoms with van der Waals surface area (Å²) in [6.45, 7) is 2.21. The van der Waals surface area contributed by atoms with Gasteiger partial charge in [-0.2, -0.15) is 0 Å². The van der Waals surface area contributed by atoms with Crippen LogP contribution in [0.1, 0.15) is 25.3 Å². The Balaban J connectivity index is 3.01. The van der Waals surface area contributed by atoms with Gasteiger partial charge in [0.2, 0.25) is 0 Å². The van der Waals surface area contributed by atoms with Crippen LogP contribution in [-0.4, -0.2) is 17.6 Å². The lowest BCUT2D eigenvalue weighted by atomic mass is 9.78. The first-order valence-corrected chi connectivity index (χ1v) is 5.58. The van der Waals surface area contributed by atoms with Gasteiger partial charge in [-0.15, -0.1) is 0 Å². The van der Waals surface area contributed by atoms with Crippen molar-refractivity contribution in [3.05, 3.63) is 34.9 Å². The molecular weight excluding hydrogens is 226 g/mol. The summed E-state index contributed by atoms with van der Waals surface area (Å²) in [5, 5.41) is 9.91. The van der Waals surface area contributed by atoms with Gasteiger partial charge < -0.3 is 10.8 Å². The molecule has 0 saturated carbocycles. The van der Waals surface area contributed by atoms with Gasteiger partial charge in [0.1, 0.15) is 0 Å². The lowest BCUT2D eigenvalue weighted by Gasteiger charge is -2.25. The number of nitrogens with two attached hydrogens (primary N) is 1. The monoisotopic (exact) mass is 241 g/mol. The number of carboxylic acids is 1. The molecule has 1 aromatic rings. The molecular formula is C12H16ClNO2. The predicted octanol–water partition coefficient (Wildman–Crippen LogP) is 2.42. The molecule has 0 spiro atoms. The lowest BCUT2D eigenvalue weighted by Crippen LogP contribution is -2.33. The fraction of sp³-hybridized carbons (Fsp3) is 0.417. The van der Waals surface area contributed by atoms with Gasteiger partial charge in [0, 0.05) is 5.02 Å². The first kappa shape index (κ1) is 13.0. The van der Waals surface area contributed by atoms with Crippen molar-refractivity contribution in [2.24, 2.45) is 5.73 Å². The van der Waals surface area contributed by atoms with E-state index in [2.05, 4.69) is 0 Å². The van der Waals surface area contributed by atoms with E-state index in [9.17, 15) is 9.90 Å². The third-order valence-electron chi connectivity index (χ3n) is 2.83. The minimum atomic E-state index is -0.885. The van der Waals surface area contributed by atoms with E-state index in [4.69, 9.17) is 17.3 Å². The van der Waals surface area contributed by atoms with Crippen LogP contribution in [0.15, 0.2) is 24.3 Å². The van der Waals surface area contributed by atoms with Crippen molar-refractivity contribution in [2.75, 3.05) is 6.54 Å². The van der Waals surface area contributed by atoms with Gasteiger partial charge in [0.25, 0.3) is 0 Å². The Kier molecular flexibility index (Phi) is 4.33. The van der Waals surface area contributed by atoms with Crippen LogP contribution in [0, 0.1) is 0 Å². The van der Waals surface area contributed by atoms with Crippen LogP contribution in [0.25, 0.3) is 0 Å². The van der Waals surface area contributed by atoms with Gasteiger partial charge in [-0.25, -0.2) is 0 Å². The summed E-state index contributed by atoms with van der Waals surface area (Å²) in [6, 6.07) is 6.93. The Morgan fingerprint density at radius 3 is 2.44 bits per heavy atom. The summed E-state index contributed by atoms with van der Waals surface area (Å²) in [5.74, 6) is -0.830. The number of carbonyl (C=O) groups is 1. The highest BCUT2D eigenvalue weighted by Gasteiger charge is 2.34. The van der Waals surface area contributed by atoms with Crippen LogP contribution in [0.5, 0.6) is 0 Å². The SMILES string of the molecule is CC(CCCN)(C(=O)O)c1ccc(Cl)cc1. The second-order valence-electron chi connectivity index (χ2n) is 4.04. The number of benzene rings is 1. The zero-order chi connectivity index (χ0) is 12.2. The molecule has 1 unspecified atom stereocenters. The third-order valence-corrected chi connectivity index (χ3v) is 3.09. The molecule has 3 N–H and O–H groups in total. The molecule has 16 heavy (non-hydrogen) atoms. The molecule has 0 heterocycles. The van der Waals surface area contributed by atoms with Crippen LogP contribution in [0.2, 0.25) is 5.02 Å². The predicted molar refractivity (Wildman–Crippen MR) is 64.7 cm³/mol. The van der Waals surface area contributed by atoms with Crippen molar-refractivity contribution in [1.82, 2.24) is 0 Å². The Hall–Kier alpha value is -1.06. The van der Waals surface area contributed by atoms with Crippen LogP contribution in [0.4, 0.5) is 0 Å². The second kappa shape index (κ2) is 5.32. The van der Waals surface area contributed by atoms with E-state index < -0.39 is 11.4 Å². The lowest BCUT2D eigenvalue weighted by molar-refractivity contribution is -0.143. The molecule has 1 atom stereocenters. The molecule has 0 fully saturated rings. The normalized spacial score (nSPS) is 14.4. The number of hydrogen-bond donors (Lipinski definition) is 2. The van der Waals surface area contributed by atoms with E-state index in [1.807, 2.05) is 0 Å². The van der Waals surface area contributed by atoms with Crippen molar-refractivity contribution in [3.8, 4) is 0 Å². The summed E-state index contributed by atoms with van der Waals surface area (Å²) < 4.78 is 0. The molecule has 1 aromatic carbocycles. The maximum Gasteiger partial charge on any atom is 0.313 e. The quantitative estimate of drug-likeness (QED) is 0.832. The summed E-state index contributed by atoms with van der Waals surface area (Å²) in [4.78, 5) is 11.3. The van der Waals surface area contributed by atoms with Crippen molar-refractivity contribution >= 4 is 17.6 Å². The molecule has 0 aliphatic rings. The van der Waals surface area contributed by atoms with Crippen molar-refractivity contribution < 1.29 is 9.90 Å². The Labute approximate surface area is 100 Å². The molecule has 0 aliphatic heterocycles. The minimum Gasteiger partial charge on any atom is -0.481 e. The Morgan fingerprint density at radius 2 is 2.00 bits per heavy atom. The number of rotatable bonds is 5. The van der Waals surface area contributed by atoms with Gasteiger partial charge in [-0.3, -0.25) is 4.79 Å². The Bertz CT molecular complexity index is 364. The van der Waals surface area contributed by atoms with Gasteiger partial charge in [0.15, 0.2) is 0 Å². The van der Waals surface area contributed by atoms with Crippen molar-refractivity contribution in [1.29, 1.82) is 0 Å². The van der Waals surface area contributed by atoms with E-state index in [1.54, 1.807) is 31.2 Å². The summed E-state index contributed by atoms with van der Waals surface area (Å²) in [7, 11) is 0. The fourth-order valence-corrected chi connectivity index (χ4v) is 1.77. The molecule has 88 valence electrons. The van der Waals surface area contributed by atoms with E-state index in [0.717, 1.165) is 5.56 Å². The largest absolute Gasteiger partial charge is 0.481 e. The highest BCUT2D eigenvalue weighted by molar-refractivity contribution is 6.30. The average molecular weight is 242 g/mol. The van der Waals surface area contributed by atoms with Gasteiger partial charge in [-0.1, -0.05) is 23.7 Å². The van der Waals surface area contributed by atoms with Crippen molar-refractivity contribution in [3.63, 3.8) is 0 Å². The fourth-order valence-electron chi connectivity index (χ4n) is 1.65. The molecule has 3 nitrogen and oxygen atoms in total. The summed E-state index contributed by atoms with van der Waals surface area (Å²) in [6.07, 6.45) is 1.21. The second-order valence-corrected chi connectivity index (χ2v) is 4.47. The molecule has 0 amide bonds. The maximum absolute atomic E-state index is 11.3. The summed E-state index contributed by atoms with van der Waals surface area (Å²) >= 11 is 5.78. The smallest absolute Gasteiger partial charge is 0.313 e. The number of halogens is 1. The first-order valence-electron chi connectivity index (χ1n) is 5.20. The van der Waals surface area contributed by atoms with Crippen LogP contribution < -0.4 is 5.73 Å². The van der Waals surface area contributed by atoms with E-state index in [0.29, 0.717) is 24.4 Å². The van der Waals surface area contributed by atoms with E-state index >= 15 is 0 Å². The third kappa shape index (κ3) is 2.74. The molecule has 4 heteroatoms. The van der Waals surface area contributed by atoms with Crippen molar-refractivity contribution in [2.45, 2.75) is 25.2 Å². The van der Waals surface area contributed by atoms with E-state index in [-0.39, 0.29) is 0 Å². The Morgan fingerprint density at radius 1 is 1.44 bits per heavy atom. The molecule has 1 rings (SSSR count). The minimum absolute atomic E-state index is 0.496. The van der Waals surface area contributed by atoms with Crippen LogP contribution >= 0.6 is 11.6 Å². The topological polar surface area (TPSA) is 63.3 Å². The average Bonchev–Trinajstić information content (AvgIpc) is 2.26. The van der Waals surface area contributed by atoms with Gasteiger partial charge in [-0.05, 0) is 44.0 Å². The first-order chi connectivity index (χ1) is 7.50. The van der Waals surface area contributed by atoms with Gasteiger partial charge in [0.05, 0.1) is 5.41 Å². The molecule has 0 aromatic heterocycles. The number of carboxylic acid groups (broad SMARTS) is 1.